The van der Waals surface area contributed by atoms with Gasteiger partial charge in [0.1, 0.15) is 5.75 Å². The molecule has 0 saturated heterocycles. The van der Waals surface area contributed by atoms with E-state index in [-0.39, 0.29) is 23.0 Å². The SMILES string of the molecule is Cl.N[C@H](CC(F)F)c1ccc(OC(F)(F)F)c(Cl)c1. The van der Waals surface area contributed by atoms with Crippen LogP contribution in [0, 0.1) is 0 Å². The third-order valence-electron chi connectivity index (χ3n) is 2.04. The first-order chi connectivity index (χ1) is 8.19. The topological polar surface area (TPSA) is 35.2 Å². The molecule has 0 aliphatic heterocycles. The summed E-state index contributed by atoms with van der Waals surface area (Å²) in [5, 5.41) is -0.338. The Hall–Kier alpha value is -0.790. The van der Waals surface area contributed by atoms with Gasteiger partial charge in [0.15, 0.2) is 0 Å². The van der Waals surface area contributed by atoms with Crippen molar-refractivity contribution in [3.05, 3.63) is 28.8 Å². The summed E-state index contributed by atoms with van der Waals surface area (Å²) in [5.74, 6) is -0.600. The van der Waals surface area contributed by atoms with Gasteiger partial charge in [-0.25, -0.2) is 8.78 Å². The van der Waals surface area contributed by atoms with E-state index in [4.69, 9.17) is 17.3 Å². The molecule has 2 N–H and O–H groups in total. The molecule has 0 heterocycles. The molecule has 19 heavy (non-hydrogen) atoms. The van der Waals surface area contributed by atoms with Gasteiger partial charge in [-0.1, -0.05) is 17.7 Å². The fourth-order valence-corrected chi connectivity index (χ4v) is 1.51. The molecule has 0 aliphatic rings. The van der Waals surface area contributed by atoms with Crippen LogP contribution in [0.5, 0.6) is 5.75 Å². The van der Waals surface area contributed by atoms with Crippen molar-refractivity contribution < 1.29 is 26.7 Å². The highest BCUT2D eigenvalue weighted by Gasteiger charge is 2.32. The van der Waals surface area contributed by atoms with E-state index in [1.807, 2.05) is 0 Å². The Bertz CT molecular complexity index is 413. The van der Waals surface area contributed by atoms with Gasteiger partial charge in [0, 0.05) is 12.5 Å². The van der Waals surface area contributed by atoms with Gasteiger partial charge in [-0.3, -0.25) is 0 Å². The molecule has 1 aromatic rings. The molecule has 0 bridgehead atoms. The summed E-state index contributed by atoms with van der Waals surface area (Å²) in [5.41, 5.74) is 5.66. The summed E-state index contributed by atoms with van der Waals surface area (Å²) < 4.78 is 63.6. The molecule has 0 radical (unpaired) electrons. The van der Waals surface area contributed by atoms with Crippen LogP contribution in [-0.2, 0) is 0 Å². The molecule has 0 spiro atoms. The first kappa shape index (κ1) is 18.2. The van der Waals surface area contributed by atoms with Gasteiger partial charge >= 0.3 is 6.36 Å². The van der Waals surface area contributed by atoms with Crippen molar-refractivity contribution in [2.45, 2.75) is 25.3 Å². The minimum atomic E-state index is -4.86. The average Bonchev–Trinajstić information content (AvgIpc) is 2.18. The van der Waals surface area contributed by atoms with Crippen LogP contribution in [0.1, 0.15) is 18.0 Å². The number of alkyl halides is 5. The predicted octanol–water partition coefficient (Wildman–Crippen LogP) is 4.32. The Morgan fingerprint density at radius 1 is 1.26 bits per heavy atom. The summed E-state index contributed by atoms with van der Waals surface area (Å²) in [6, 6.07) is 2.19. The second-order valence-electron chi connectivity index (χ2n) is 3.47. The van der Waals surface area contributed by atoms with E-state index in [1.165, 1.54) is 6.07 Å². The third kappa shape index (κ3) is 6.26. The Morgan fingerprint density at radius 3 is 2.26 bits per heavy atom. The van der Waals surface area contributed by atoms with Crippen LogP contribution in [-0.4, -0.2) is 12.8 Å². The van der Waals surface area contributed by atoms with Crippen molar-refractivity contribution in [3.8, 4) is 5.75 Å². The van der Waals surface area contributed by atoms with Crippen LogP contribution >= 0.6 is 24.0 Å². The van der Waals surface area contributed by atoms with Crippen molar-refractivity contribution in [3.63, 3.8) is 0 Å². The predicted molar refractivity (Wildman–Crippen MR) is 62.9 cm³/mol. The number of nitrogens with two attached hydrogens (primary N) is 1. The minimum absolute atomic E-state index is 0. The molecule has 0 aromatic heterocycles. The number of hydrogen-bond acceptors (Lipinski definition) is 2. The maximum atomic E-state index is 12.1. The lowest BCUT2D eigenvalue weighted by atomic mass is 10.0. The summed E-state index contributed by atoms with van der Waals surface area (Å²) in [6.07, 6.45) is -8.07. The second-order valence-corrected chi connectivity index (χ2v) is 3.88. The molecule has 110 valence electrons. The van der Waals surface area contributed by atoms with Crippen molar-refractivity contribution >= 4 is 24.0 Å². The van der Waals surface area contributed by atoms with Gasteiger partial charge < -0.3 is 10.5 Å². The van der Waals surface area contributed by atoms with E-state index in [0.717, 1.165) is 12.1 Å². The zero-order valence-corrected chi connectivity index (χ0v) is 10.8. The molecule has 0 saturated carbocycles. The maximum absolute atomic E-state index is 12.1. The zero-order chi connectivity index (χ0) is 13.9. The fraction of sp³-hybridized carbons (Fsp3) is 0.400. The van der Waals surface area contributed by atoms with Crippen molar-refractivity contribution in [1.29, 1.82) is 0 Å². The van der Waals surface area contributed by atoms with E-state index in [0.29, 0.717) is 0 Å². The van der Waals surface area contributed by atoms with Crippen LogP contribution < -0.4 is 10.5 Å². The molecule has 2 nitrogen and oxygen atoms in total. The molecule has 0 fully saturated rings. The number of ether oxygens (including phenoxy) is 1. The first-order valence-electron chi connectivity index (χ1n) is 4.78. The first-order valence-corrected chi connectivity index (χ1v) is 5.16. The quantitative estimate of drug-likeness (QED) is 0.837. The highest BCUT2D eigenvalue weighted by Crippen LogP contribution is 2.32. The van der Waals surface area contributed by atoms with Crippen LogP contribution in [0.3, 0.4) is 0 Å². The minimum Gasteiger partial charge on any atom is -0.404 e. The Kier molecular flexibility index (Phi) is 6.82. The highest BCUT2D eigenvalue weighted by molar-refractivity contribution is 6.32. The average molecular weight is 326 g/mol. The van der Waals surface area contributed by atoms with Crippen molar-refractivity contribution in [1.82, 2.24) is 0 Å². The van der Waals surface area contributed by atoms with Crippen LogP contribution in [0.25, 0.3) is 0 Å². The van der Waals surface area contributed by atoms with Gasteiger partial charge in [-0.15, -0.1) is 25.6 Å². The van der Waals surface area contributed by atoms with E-state index < -0.39 is 31.0 Å². The van der Waals surface area contributed by atoms with E-state index >= 15 is 0 Å². The van der Waals surface area contributed by atoms with Crippen LogP contribution in [0.2, 0.25) is 5.02 Å². The molecule has 1 rings (SSSR count). The van der Waals surface area contributed by atoms with Gasteiger partial charge in [0.05, 0.1) is 5.02 Å². The van der Waals surface area contributed by atoms with Gasteiger partial charge in [-0.05, 0) is 17.7 Å². The standard InChI is InChI=1S/C10H9ClF5NO.ClH/c11-6-3-5(7(17)4-9(12)13)1-2-8(6)18-10(14,15)16;/h1-3,7,9H,4,17H2;1H/t7-;/m1./s1. The number of hydrogen-bond donors (Lipinski definition) is 1. The van der Waals surface area contributed by atoms with Gasteiger partial charge in [0.25, 0.3) is 0 Å². The van der Waals surface area contributed by atoms with E-state index in [1.54, 1.807) is 0 Å². The van der Waals surface area contributed by atoms with Crippen LogP contribution in [0.4, 0.5) is 22.0 Å². The Balaban J connectivity index is 0.00000324. The molecule has 9 heteroatoms. The van der Waals surface area contributed by atoms with Gasteiger partial charge in [0.2, 0.25) is 6.43 Å². The normalized spacial score (nSPS) is 13.1. The Morgan fingerprint density at radius 2 is 1.84 bits per heavy atom. The van der Waals surface area contributed by atoms with E-state index in [2.05, 4.69) is 4.74 Å². The molecule has 1 atom stereocenters. The molecule has 0 unspecified atom stereocenters. The fourth-order valence-electron chi connectivity index (χ4n) is 1.28. The number of benzene rings is 1. The second kappa shape index (κ2) is 7.12. The Labute approximate surface area is 117 Å². The lowest BCUT2D eigenvalue weighted by Crippen LogP contribution is -2.18. The lowest BCUT2D eigenvalue weighted by molar-refractivity contribution is -0.274. The maximum Gasteiger partial charge on any atom is 0.573 e. The molecule has 0 amide bonds. The number of rotatable bonds is 4. The molecule has 0 aliphatic carbocycles. The van der Waals surface area contributed by atoms with Crippen molar-refractivity contribution in [2.75, 3.05) is 0 Å². The summed E-state index contributed by atoms with van der Waals surface area (Å²) in [7, 11) is 0. The van der Waals surface area contributed by atoms with Gasteiger partial charge in [-0.2, -0.15) is 0 Å². The summed E-state index contributed by atoms with van der Waals surface area (Å²) in [6.45, 7) is 0. The summed E-state index contributed by atoms with van der Waals surface area (Å²) >= 11 is 5.55. The smallest absolute Gasteiger partial charge is 0.404 e. The monoisotopic (exact) mass is 325 g/mol. The number of halogens is 7. The van der Waals surface area contributed by atoms with Crippen molar-refractivity contribution in [2.24, 2.45) is 5.73 Å². The third-order valence-corrected chi connectivity index (χ3v) is 2.34. The highest BCUT2D eigenvalue weighted by atomic mass is 35.5. The largest absolute Gasteiger partial charge is 0.573 e. The zero-order valence-electron chi connectivity index (χ0n) is 9.26. The molecular formula is C10H10Cl2F5NO. The lowest BCUT2D eigenvalue weighted by Gasteiger charge is -2.14. The van der Waals surface area contributed by atoms with Crippen LogP contribution in [0.15, 0.2) is 18.2 Å². The molecular weight excluding hydrogens is 316 g/mol. The summed E-state index contributed by atoms with van der Waals surface area (Å²) in [4.78, 5) is 0. The molecule has 1 aromatic carbocycles. The van der Waals surface area contributed by atoms with E-state index in [9.17, 15) is 22.0 Å².